The monoisotopic (exact) mass is 291 g/mol. The van der Waals surface area contributed by atoms with Crippen molar-refractivity contribution >= 4 is 17.5 Å². The van der Waals surface area contributed by atoms with E-state index in [9.17, 15) is 9.59 Å². The van der Waals surface area contributed by atoms with Crippen molar-refractivity contribution < 1.29 is 14.3 Å². The smallest absolute Gasteiger partial charge is 0.258 e. The largest absolute Gasteiger partial charge is 0.496 e. The van der Waals surface area contributed by atoms with E-state index in [-0.39, 0.29) is 11.8 Å². The van der Waals surface area contributed by atoms with Crippen LogP contribution in [-0.2, 0) is 4.79 Å². The third kappa shape index (κ3) is 2.94. The minimum atomic E-state index is -0.394. The standard InChI is InChI=1S/C15H21N3O3/c1-17(2)15(20)12-5-4-8-18(12)14(19)11-7-6-10(16)9-13(11)21-3/h6-7,9,12H,4-5,8,16H2,1-3H3. The number of rotatable bonds is 3. The molecule has 1 aromatic carbocycles. The third-order valence-corrected chi connectivity index (χ3v) is 3.70. The van der Waals surface area contributed by atoms with Crippen molar-refractivity contribution in [3.8, 4) is 5.75 Å². The van der Waals surface area contributed by atoms with Crippen molar-refractivity contribution in [2.24, 2.45) is 0 Å². The van der Waals surface area contributed by atoms with Gasteiger partial charge in [0.2, 0.25) is 5.91 Å². The molecule has 1 fully saturated rings. The van der Waals surface area contributed by atoms with Gasteiger partial charge in [0.25, 0.3) is 5.91 Å². The second-order valence-corrected chi connectivity index (χ2v) is 5.35. The van der Waals surface area contributed by atoms with Gasteiger partial charge in [-0.15, -0.1) is 0 Å². The zero-order chi connectivity index (χ0) is 15.6. The fourth-order valence-corrected chi connectivity index (χ4v) is 2.60. The van der Waals surface area contributed by atoms with E-state index in [4.69, 9.17) is 10.5 Å². The molecule has 0 radical (unpaired) electrons. The highest BCUT2D eigenvalue weighted by Gasteiger charge is 2.36. The van der Waals surface area contributed by atoms with Gasteiger partial charge in [0.15, 0.2) is 0 Å². The van der Waals surface area contributed by atoms with Crippen LogP contribution in [0.25, 0.3) is 0 Å². The zero-order valence-electron chi connectivity index (χ0n) is 12.6. The first-order valence-corrected chi connectivity index (χ1v) is 6.91. The highest BCUT2D eigenvalue weighted by molar-refractivity contribution is 6.00. The number of likely N-dealkylation sites (tertiary alicyclic amines) is 1. The maximum absolute atomic E-state index is 12.7. The van der Waals surface area contributed by atoms with Gasteiger partial charge >= 0.3 is 0 Å². The predicted molar refractivity (Wildman–Crippen MR) is 80.2 cm³/mol. The zero-order valence-corrected chi connectivity index (χ0v) is 12.6. The quantitative estimate of drug-likeness (QED) is 0.842. The highest BCUT2D eigenvalue weighted by Crippen LogP contribution is 2.27. The summed E-state index contributed by atoms with van der Waals surface area (Å²) in [6, 6.07) is 4.53. The van der Waals surface area contributed by atoms with Crippen LogP contribution < -0.4 is 10.5 Å². The molecule has 2 rings (SSSR count). The summed E-state index contributed by atoms with van der Waals surface area (Å²) in [5, 5.41) is 0. The fraction of sp³-hybridized carbons (Fsp3) is 0.467. The van der Waals surface area contributed by atoms with E-state index >= 15 is 0 Å². The Labute approximate surface area is 124 Å². The van der Waals surface area contributed by atoms with Crippen molar-refractivity contribution in [1.82, 2.24) is 9.80 Å². The van der Waals surface area contributed by atoms with Crippen LogP contribution in [0.15, 0.2) is 18.2 Å². The van der Waals surface area contributed by atoms with Gasteiger partial charge < -0.3 is 20.3 Å². The minimum absolute atomic E-state index is 0.0461. The Morgan fingerprint density at radius 1 is 1.38 bits per heavy atom. The van der Waals surface area contributed by atoms with E-state index < -0.39 is 6.04 Å². The van der Waals surface area contributed by atoms with Crippen LogP contribution in [0, 0.1) is 0 Å². The summed E-state index contributed by atoms with van der Waals surface area (Å²) in [6.45, 7) is 0.580. The molecular formula is C15H21N3O3. The van der Waals surface area contributed by atoms with Gasteiger partial charge in [-0.3, -0.25) is 9.59 Å². The van der Waals surface area contributed by atoms with Crippen LogP contribution in [0.3, 0.4) is 0 Å². The Hall–Kier alpha value is -2.24. The van der Waals surface area contributed by atoms with Gasteiger partial charge in [0, 0.05) is 32.4 Å². The molecule has 1 saturated heterocycles. The molecule has 0 aromatic heterocycles. The van der Waals surface area contributed by atoms with Crippen LogP contribution in [0.2, 0.25) is 0 Å². The van der Waals surface area contributed by atoms with Gasteiger partial charge in [-0.1, -0.05) is 0 Å². The van der Waals surface area contributed by atoms with Gasteiger partial charge in [-0.25, -0.2) is 0 Å². The molecule has 1 aliphatic rings. The van der Waals surface area contributed by atoms with E-state index in [1.807, 2.05) is 0 Å². The Morgan fingerprint density at radius 3 is 2.71 bits per heavy atom. The molecule has 2 N–H and O–H groups in total. The van der Waals surface area contributed by atoms with Crippen LogP contribution in [0.5, 0.6) is 5.75 Å². The third-order valence-electron chi connectivity index (χ3n) is 3.70. The average molecular weight is 291 g/mol. The number of methoxy groups -OCH3 is 1. The Morgan fingerprint density at radius 2 is 2.10 bits per heavy atom. The second kappa shape index (κ2) is 6.03. The number of nitrogen functional groups attached to an aromatic ring is 1. The number of likely N-dealkylation sites (N-methyl/N-ethyl adjacent to an activating group) is 1. The van der Waals surface area contributed by atoms with E-state index in [1.54, 1.807) is 37.2 Å². The van der Waals surface area contributed by atoms with E-state index in [1.165, 1.54) is 12.0 Å². The fourth-order valence-electron chi connectivity index (χ4n) is 2.60. The number of hydrogen-bond acceptors (Lipinski definition) is 4. The molecule has 1 unspecified atom stereocenters. The summed E-state index contributed by atoms with van der Waals surface area (Å²) in [5.41, 5.74) is 6.67. The molecule has 0 aliphatic carbocycles. The molecule has 1 heterocycles. The lowest BCUT2D eigenvalue weighted by atomic mass is 10.1. The summed E-state index contributed by atoms with van der Waals surface area (Å²) in [7, 11) is 4.90. The van der Waals surface area contributed by atoms with Crippen LogP contribution in [0.1, 0.15) is 23.2 Å². The van der Waals surface area contributed by atoms with Gasteiger partial charge in [-0.2, -0.15) is 0 Å². The van der Waals surface area contributed by atoms with Crippen LogP contribution in [0.4, 0.5) is 5.69 Å². The summed E-state index contributed by atoms with van der Waals surface area (Å²) in [6.07, 6.45) is 1.52. The Kier molecular flexibility index (Phi) is 4.35. The molecule has 114 valence electrons. The number of ether oxygens (including phenoxy) is 1. The molecule has 1 atom stereocenters. The maximum Gasteiger partial charge on any atom is 0.258 e. The van der Waals surface area contributed by atoms with Crippen molar-refractivity contribution in [3.63, 3.8) is 0 Å². The van der Waals surface area contributed by atoms with E-state index in [0.29, 0.717) is 30.0 Å². The van der Waals surface area contributed by atoms with Gasteiger partial charge in [0.05, 0.1) is 12.7 Å². The molecule has 1 aliphatic heterocycles. The first-order valence-electron chi connectivity index (χ1n) is 6.91. The SMILES string of the molecule is COc1cc(N)ccc1C(=O)N1CCCC1C(=O)N(C)C. The molecule has 6 nitrogen and oxygen atoms in total. The lowest BCUT2D eigenvalue weighted by Crippen LogP contribution is -2.45. The first-order chi connectivity index (χ1) is 9.95. The number of anilines is 1. The topological polar surface area (TPSA) is 75.9 Å². The van der Waals surface area contributed by atoms with Crippen molar-refractivity contribution in [2.75, 3.05) is 33.5 Å². The molecule has 2 amide bonds. The number of nitrogens with two attached hydrogens (primary N) is 1. The predicted octanol–water partition coefficient (Wildman–Crippen LogP) is 0.970. The number of benzene rings is 1. The summed E-state index contributed by atoms with van der Waals surface area (Å²) in [5.74, 6) is 0.197. The molecular weight excluding hydrogens is 270 g/mol. The first kappa shape index (κ1) is 15.2. The average Bonchev–Trinajstić information content (AvgIpc) is 2.94. The normalized spacial score (nSPS) is 17.7. The van der Waals surface area contributed by atoms with Crippen LogP contribution in [-0.4, -0.2) is 55.4 Å². The molecule has 0 spiro atoms. The minimum Gasteiger partial charge on any atom is -0.496 e. The maximum atomic E-state index is 12.7. The molecule has 0 bridgehead atoms. The van der Waals surface area contributed by atoms with Crippen LogP contribution >= 0.6 is 0 Å². The number of carbonyl (C=O) groups excluding carboxylic acids is 2. The molecule has 1 aromatic rings. The summed E-state index contributed by atoms with van der Waals surface area (Å²) in [4.78, 5) is 28.0. The highest BCUT2D eigenvalue weighted by atomic mass is 16.5. The number of amides is 2. The van der Waals surface area contributed by atoms with Gasteiger partial charge in [0.1, 0.15) is 11.8 Å². The second-order valence-electron chi connectivity index (χ2n) is 5.35. The lowest BCUT2D eigenvalue weighted by molar-refractivity contribution is -0.132. The van der Waals surface area contributed by atoms with Crippen molar-refractivity contribution in [2.45, 2.75) is 18.9 Å². The lowest BCUT2D eigenvalue weighted by Gasteiger charge is -2.26. The Balaban J connectivity index is 2.29. The molecule has 21 heavy (non-hydrogen) atoms. The van der Waals surface area contributed by atoms with Crippen molar-refractivity contribution in [1.29, 1.82) is 0 Å². The van der Waals surface area contributed by atoms with Crippen molar-refractivity contribution in [3.05, 3.63) is 23.8 Å². The summed E-state index contributed by atoms with van der Waals surface area (Å²) < 4.78 is 5.23. The molecule has 6 heteroatoms. The molecule has 0 saturated carbocycles. The number of carbonyl (C=O) groups is 2. The van der Waals surface area contributed by atoms with Gasteiger partial charge in [-0.05, 0) is 25.0 Å². The Bertz CT molecular complexity index is 557. The number of hydrogen-bond donors (Lipinski definition) is 1. The van der Waals surface area contributed by atoms with E-state index in [2.05, 4.69) is 0 Å². The summed E-state index contributed by atoms with van der Waals surface area (Å²) >= 11 is 0. The number of nitrogens with zero attached hydrogens (tertiary/aromatic N) is 2. The van der Waals surface area contributed by atoms with E-state index in [0.717, 1.165) is 6.42 Å².